The molecule has 0 spiro atoms. The number of nitrogens with one attached hydrogen (secondary N) is 4. The summed E-state index contributed by atoms with van der Waals surface area (Å²) < 4.78 is 11.7. The lowest BCUT2D eigenvalue weighted by atomic mass is 10.2. The van der Waals surface area contributed by atoms with Crippen LogP contribution in [-0.2, 0) is 9.59 Å². The van der Waals surface area contributed by atoms with Crippen LogP contribution in [-0.4, -0.2) is 44.1 Å². The van der Waals surface area contributed by atoms with Gasteiger partial charge in [0.15, 0.2) is 11.5 Å². The number of benzene rings is 2. The molecule has 2 aromatic carbocycles. The smallest absolute Gasteiger partial charge is 0.319 e. The number of anilines is 2. The van der Waals surface area contributed by atoms with E-state index in [1.165, 1.54) is 0 Å². The minimum atomic E-state index is -0.570. The highest BCUT2D eigenvalue weighted by molar-refractivity contribution is 9.10. The van der Waals surface area contributed by atoms with Gasteiger partial charge in [-0.15, -0.1) is 0 Å². The number of hydrogen-bond acceptors (Lipinski definition) is 5. The fraction of sp³-hybridized carbons (Fsp3) is 0.286. The monoisotopic (exact) mass is 492 g/mol. The molecule has 2 aromatic rings. The molecule has 0 aliphatic carbocycles. The Kier molecular flexibility index (Phi) is 9.63. The molecule has 10 heteroatoms. The van der Waals surface area contributed by atoms with Crippen molar-refractivity contribution in [3.05, 3.63) is 46.9 Å². The zero-order chi connectivity index (χ0) is 22.6. The molecule has 0 fully saturated rings. The average Bonchev–Trinajstić information content (AvgIpc) is 2.74. The summed E-state index contributed by atoms with van der Waals surface area (Å²) in [4.78, 5) is 35.9. The van der Waals surface area contributed by atoms with Crippen LogP contribution in [0.3, 0.4) is 0 Å². The molecule has 0 atom stereocenters. The number of urea groups is 1. The number of para-hydroxylation sites is 1. The second-order valence-corrected chi connectivity index (χ2v) is 6.99. The Morgan fingerprint density at radius 1 is 0.839 bits per heavy atom. The Labute approximate surface area is 189 Å². The highest BCUT2D eigenvalue weighted by Gasteiger charge is 2.11. The van der Waals surface area contributed by atoms with Gasteiger partial charge in [-0.05, 0) is 54.0 Å². The molecule has 0 heterocycles. The number of ether oxygens (including phenoxy) is 2. The quantitative estimate of drug-likeness (QED) is 0.406. The van der Waals surface area contributed by atoms with Crippen molar-refractivity contribution >= 4 is 45.2 Å². The van der Waals surface area contributed by atoms with Crippen molar-refractivity contribution in [1.82, 2.24) is 10.6 Å². The van der Waals surface area contributed by atoms with Gasteiger partial charge in [-0.1, -0.05) is 12.1 Å². The van der Waals surface area contributed by atoms with E-state index in [0.717, 1.165) is 4.47 Å². The van der Waals surface area contributed by atoms with Gasteiger partial charge < -0.3 is 30.7 Å². The third-order valence-electron chi connectivity index (χ3n) is 3.80. The minimum absolute atomic E-state index is 0.222. The molecule has 0 radical (unpaired) electrons. The largest absolute Gasteiger partial charge is 0.490 e. The summed E-state index contributed by atoms with van der Waals surface area (Å²) in [5.74, 6) is 0.202. The normalized spacial score (nSPS) is 10.0. The molecule has 9 nitrogen and oxygen atoms in total. The van der Waals surface area contributed by atoms with Crippen LogP contribution in [0, 0.1) is 0 Å². The lowest BCUT2D eigenvalue weighted by molar-refractivity contribution is -0.123. The van der Waals surface area contributed by atoms with Gasteiger partial charge in [-0.2, -0.15) is 0 Å². The number of hydrogen-bond donors (Lipinski definition) is 4. The Balaban J connectivity index is 1.76. The van der Waals surface area contributed by atoms with Crippen LogP contribution in [0.5, 0.6) is 11.5 Å². The van der Waals surface area contributed by atoms with Crippen molar-refractivity contribution < 1.29 is 23.9 Å². The summed E-state index contributed by atoms with van der Waals surface area (Å²) in [5, 5.41) is 10.2. The molecule has 4 amide bonds. The van der Waals surface area contributed by atoms with Crippen LogP contribution in [0.25, 0.3) is 0 Å². The van der Waals surface area contributed by atoms with Crippen molar-refractivity contribution in [2.45, 2.75) is 13.8 Å². The summed E-state index contributed by atoms with van der Waals surface area (Å²) in [6.07, 6.45) is 0. The maximum Gasteiger partial charge on any atom is 0.319 e. The second-order valence-electron chi connectivity index (χ2n) is 6.14. The molecular weight excluding hydrogens is 468 g/mol. The average molecular weight is 493 g/mol. The molecular formula is C21H25BrN4O5. The number of halogens is 1. The van der Waals surface area contributed by atoms with Gasteiger partial charge in [0.2, 0.25) is 11.8 Å². The van der Waals surface area contributed by atoms with Crippen molar-refractivity contribution in [2.24, 2.45) is 0 Å². The predicted octanol–water partition coefficient (Wildman–Crippen LogP) is 3.12. The van der Waals surface area contributed by atoms with Gasteiger partial charge >= 0.3 is 6.03 Å². The van der Waals surface area contributed by atoms with Gasteiger partial charge in [-0.3, -0.25) is 9.59 Å². The van der Waals surface area contributed by atoms with E-state index in [-0.39, 0.29) is 19.0 Å². The number of rotatable bonds is 10. The zero-order valence-electron chi connectivity index (χ0n) is 17.3. The molecule has 0 aliphatic rings. The van der Waals surface area contributed by atoms with Crippen LogP contribution >= 0.6 is 15.9 Å². The summed E-state index contributed by atoms with van der Waals surface area (Å²) in [5.41, 5.74) is 1.08. The van der Waals surface area contributed by atoms with Crippen LogP contribution in [0.2, 0.25) is 0 Å². The maximum absolute atomic E-state index is 12.1. The molecule has 2 rings (SSSR count). The van der Waals surface area contributed by atoms with E-state index in [1.807, 2.05) is 19.9 Å². The van der Waals surface area contributed by atoms with E-state index >= 15 is 0 Å². The Bertz CT molecular complexity index is 922. The molecule has 0 saturated heterocycles. The highest BCUT2D eigenvalue weighted by Crippen LogP contribution is 2.30. The fourth-order valence-corrected chi connectivity index (χ4v) is 2.85. The van der Waals surface area contributed by atoms with E-state index in [0.29, 0.717) is 36.1 Å². The number of carbonyl (C=O) groups is 3. The zero-order valence-corrected chi connectivity index (χ0v) is 18.9. The molecule has 0 unspecified atom stereocenters. The van der Waals surface area contributed by atoms with Crippen molar-refractivity contribution in [3.63, 3.8) is 0 Å². The molecule has 166 valence electrons. The van der Waals surface area contributed by atoms with Crippen molar-refractivity contribution in [2.75, 3.05) is 36.9 Å². The van der Waals surface area contributed by atoms with Crippen molar-refractivity contribution in [3.8, 4) is 11.5 Å². The third-order valence-corrected chi connectivity index (χ3v) is 4.50. The summed E-state index contributed by atoms with van der Waals surface area (Å²) >= 11 is 3.33. The van der Waals surface area contributed by atoms with Crippen LogP contribution < -0.4 is 30.7 Å². The number of carbonyl (C=O) groups excluding carboxylic acids is 3. The molecule has 0 aromatic heterocycles. The van der Waals surface area contributed by atoms with Gasteiger partial charge in [0, 0.05) is 16.2 Å². The maximum atomic E-state index is 12.1. The predicted molar refractivity (Wildman–Crippen MR) is 122 cm³/mol. The molecule has 0 saturated carbocycles. The van der Waals surface area contributed by atoms with E-state index in [4.69, 9.17) is 9.47 Å². The van der Waals surface area contributed by atoms with Gasteiger partial charge in [0.25, 0.3) is 0 Å². The Hall–Kier alpha value is -3.27. The molecule has 0 bridgehead atoms. The summed E-state index contributed by atoms with van der Waals surface area (Å²) in [7, 11) is 0. The first-order valence-corrected chi connectivity index (χ1v) is 10.5. The summed E-state index contributed by atoms with van der Waals surface area (Å²) in [6.45, 7) is 4.14. The molecule has 31 heavy (non-hydrogen) atoms. The minimum Gasteiger partial charge on any atom is -0.490 e. The lowest BCUT2D eigenvalue weighted by Gasteiger charge is -2.13. The molecule has 4 N–H and O–H groups in total. The van der Waals surface area contributed by atoms with Crippen LogP contribution in [0.4, 0.5) is 16.2 Å². The number of amides is 4. The Morgan fingerprint density at radius 3 is 2.23 bits per heavy atom. The van der Waals surface area contributed by atoms with Gasteiger partial charge in [-0.25, -0.2) is 4.79 Å². The van der Waals surface area contributed by atoms with Gasteiger partial charge in [0.1, 0.15) is 0 Å². The Morgan fingerprint density at radius 2 is 1.52 bits per heavy atom. The van der Waals surface area contributed by atoms with Crippen LogP contribution in [0.15, 0.2) is 46.9 Å². The SMILES string of the molecule is CCOc1ccc(NC(=O)NCC(=O)NCC(=O)Nc2ccccc2Br)cc1OCC. The van der Waals surface area contributed by atoms with E-state index in [9.17, 15) is 14.4 Å². The fourth-order valence-electron chi connectivity index (χ4n) is 2.46. The highest BCUT2D eigenvalue weighted by atomic mass is 79.9. The van der Waals surface area contributed by atoms with Gasteiger partial charge in [0.05, 0.1) is 32.0 Å². The first-order chi connectivity index (χ1) is 14.9. The van der Waals surface area contributed by atoms with E-state index in [1.54, 1.807) is 36.4 Å². The standard InChI is InChI=1S/C21H25BrN4O5/c1-3-30-17-10-9-14(11-18(17)31-4-2)25-21(29)24-12-19(27)23-13-20(28)26-16-8-6-5-7-15(16)22/h5-11H,3-4,12-13H2,1-2H3,(H,23,27)(H,26,28)(H2,24,25,29). The topological polar surface area (TPSA) is 118 Å². The first kappa shape index (κ1) is 24.0. The molecule has 0 aliphatic heterocycles. The van der Waals surface area contributed by atoms with E-state index < -0.39 is 11.9 Å². The van der Waals surface area contributed by atoms with Crippen LogP contribution in [0.1, 0.15) is 13.8 Å². The second kappa shape index (κ2) is 12.4. The van der Waals surface area contributed by atoms with Crippen molar-refractivity contribution in [1.29, 1.82) is 0 Å². The first-order valence-electron chi connectivity index (χ1n) is 9.68. The lowest BCUT2D eigenvalue weighted by Crippen LogP contribution is -2.41. The van der Waals surface area contributed by atoms with E-state index in [2.05, 4.69) is 37.2 Å². The third kappa shape index (κ3) is 8.17. The summed E-state index contributed by atoms with van der Waals surface area (Å²) in [6, 6.07) is 11.6.